The molecular weight excluding hydrogens is 185 g/mol. The Labute approximate surface area is 71.8 Å². The van der Waals surface area contributed by atoms with Crippen LogP contribution in [-0.4, -0.2) is 12.1 Å². The van der Waals surface area contributed by atoms with Gasteiger partial charge in [0.25, 0.3) is 0 Å². The van der Waals surface area contributed by atoms with Crippen molar-refractivity contribution in [1.82, 2.24) is 5.32 Å². The zero-order chi connectivity index (χ0) is 10.1. The Balaban J connectivity index is 3.07. The number of hydrogen-bond acceptors (Lipinski definition) is 2. The fourth-order valence-electron chi connectivity index (χ4n) is 0.995. The molecule has 1 aliphatic heterocycles. The lowest BCUT2D eigenvalue weighted by Gasteiger charge is -2.18. The number of carbonyl (C=O) groups is 1. The van der Waals surface area contributed by atoms with Crippen LogP contribution in [0.15, 0.2) is 11.3 Å². The van der Waals surface area contributed by atoms with Crippen LogP contribution in [0.1, 0.15) is 12.8 Å². The van der Waals surface area contributed by atoms with E-state index in [1.54, 1.807) is 5.32 Å². The molecule has 1 aliphatic rings. The number of rotatable bonds is 0. The van der Waals surface area contributed by atoms with Crippen LogP contribution in [0.5, 0.6) is 0 Å². The molecule has 1 amide bonds. The molecule has 0 saturated heterocycles. The molecule has 0 aromatic rings. The molecule has 0 radical (unpaired) electrons. The van der Waals surface area contributed by atoms with Gasteiger partial charge in [0.2, 0.25) is 5.91 Å². The van der Waals surface area contributed by atoms with Crippen LogP contribution in [0.3, 0.4) is 0 Å². The average Bonchev–Trinajstić information content (AvgIpc) is 2.03. The third-order valence-corrected chi connectivity index (χ3v) is 1.59. The van der Waals surface area contributed by atoms with Gasteiger partial charge >= 0.3 is 6.18 Å². The average molecular weight is 190 g/mol. The first-order chi connectivity index (χ1) is 5.95. The maximum Gasteiger partial charge on any atom is 0.432 e. The quantitative estimate of drug-likeness (QED) is 0.624. The minimum Gasteiger partial charge on any atom is -0.321 e. The number of hydrogen-bond donors (Lipinski definition) is 1. The molecule has 1 rings (SSSR count). The minimum atomic E-state index is -4.65. The zero-order valence-electron chi connectivity index (χ0n) is 6.40. The Morgan fingerprint density at radius 1 is 1.38 bits per heavy atom. The molecule has 1 N–H and O–H groups in total. The van der Waals surface area contributed by atoms with Gasteiger partial charge in [0, 0.05) is 6.42 Å². The molecule has 3 nitrogen and oxygen atoms in total. The second-order valence-corrected chi connectivity index (χ2v) is 2.51. The zero-order valence-corrected chi connectivity index (χ0v) is 6.40. The van der Waals surface area contributed by atoms with Crippen molar-refractivity contribution in [3.63, 3.8) is 0 Å². The maximum absolute atomic E-state index is 12.1. The van der Waals surface area contributed by atoms with E-state index in [0.717, 1.165) is 0 Å². The molecule has 0 saturated carbocycles. The van der Waals surface area contributed by atoms with Crippen molar-refractivity contribution in [1.29, 1.82) is 5.26 Å². The van der Waals surface area contributed by atoms with E-state index >= 15 is 0 Å². The Morgan fingerprint density at radius 2 is 2.00 bits per heavy atom. The first-order valence-corrected chi connectivity index (χ1v) is 3.45. The highest BCUT2D eigenvalue weighted by atomic mass is 19.4. The van der Waals surface area contributed by atoms with Crippen LogP contribution in [0.4, 0.5) is 13.2 Å². The SMILES string of the molecule is N#CC1=C(C(F)(F)F)NC(=O)CC1. The molecule has 0 aliphatic carbocycles. The first kappa shape index (κ1) is 9.58. The molecule has 13 heavy (non-hydrogen) atoms. The number of amides is 1. The van der Waals surface area contributed by atoms with Gasteiger partial charge < -0.3 is 5.32 Å². The monoisotopic (exact) mass is 190 g/mol. The Morgan fingerprint density at radius 3 is 2.46 bits per heavy atom. The minimum absolute atomic E-state index is 0.0670. The van der Waals surface area contributed by atoms with E-state index in [9.17, 15) is 18.0 Å². The fraction of sp³-hybridized carbons (Fsp3) is 0.429. The van der Waals surface area contributed by atoms with Crippen molar-refractivity contribution in [2.45, 2.75) is 19.0 Å². The molecule has 0 aromatic carbocycles. The molecular formula is C7H5F3N2O. The summed E-state index contributed by atoms with van der Waals surface area (Å²) in [6, 6.07) is 1.43. The van der Waals surface area contributed by atoms with Gasteiger partial charge in [-0.3, -0.25) is 4.79 Å². The summed E-state index contributed by atoms with van der Waals surface area (Å²) in [7, 11) is 0. The van der Waals surface area contributed by atoms with E-state index in [-0.39, 0.29) is 12.8 Å². The topological polar surface area (TPSA) is 52.9 Å². The van der Waals surface area contributed by atoms with E-state index in [2.05, 4.69) is 0 Å². The molecule has 0 bridgehead atoms. The molecule has 0 aromatic heterocycles. The second-order valence-electron chi connectivity index (χ2n) is 2.51. The van der Waals surface area contributed by atoms with E-state index in [1.165, 1.54) is 6.07 Å². The van der Waals surface area contributed by atoms with E-state index in [0.29, 0.717) is 0 Å². The van der Waals surface area contributed by atoms with Gasteiger partial charge in [0.1, 0.15) is 5.70 Å². The summed E-state index contributed by atoms with van der Waals surface area (Å²) in [4.78, 5) is 10.6. The van der Waals surface area contributed by atoms with Gasteiger partial charge in [0.05, 0.1) is 11.6 Å². The van der Waals surface area contributed by atoms with Crippen LogP contribution in [0.25, 0.3) is 0 Å². The number of carbonyl (C=O) groups excluding carboxylic acids is 1. The predicted molar refractivity (Wildman–Crippen MR) is 36.1 cm³/mol. The Bertz CT molecular complexity index is 311. The number of allylic oxidation sites excluding steroid dienone is 2. The third kappa shape index (κ3) is 1.99. The van der Waals surface area contributed by atoms with Gasteiger partial charge in [-0.2, -0.15) is 18.4 Å². The largest absolute Gasteiger partial charge is 0.432 e. The van der Waals surface area contributed by atoms with Crippen molar-refractivity contribution in [3.8, 4) is 6.07 Å². The number of halogens is 3. The van der Waals surface area contributed by atoms with Crippen LogP contribution in [-0.2, 0) is 4.79 Å². The summed E-state index contributed by atoms with van der Waals surface area (Å²) < 4.78 is 36.4. The summed E-state index contributed by atoms with van der Waals surface area (Å²) in [5, 5.41) is 10.0. The van der Waals surface area contributed by atoms with Crippen LogP contribution >= 0.6 is 0 Å². The summed E-state index contributed by atoms with van der Waals surface area (Å²) >= 11 is 0. The van der Waals surface area contributed by atoms with Crippen molar-refractivity contribution < 1.29 is 18.0 Å². The third-order valence-electron chi connectivity index (χ3n) is 1.59. The van der Waals surface area contributed by atoms with Crippen LogP contribution in [0.2, 0.25) is 0 Å². The Hall–Kier alpha value is -1.51. The lowest BCUT2D eigenvalue weighted by molar-refractivity contribution is -0.127. The first-order valence-electron chi connectivity index (χ1n) is 3.45. The summed E-state index contributed by atoms with van der Waals surface area (Å²) in [6.07, 6.45) is -4.86. The van der Waals surface area contributed by atoms with E-state index in [1.807, 2.05) is 0 Å². The van der Waals surface area contributed by atoms with Gasteiger partial charge in [-0.1, -0.05) is 0 Å². The molecule has 0 spiro atoms. The number of nitriles is 1. The fourth-order valence-corrected chi connectivity index (χ4v) is 0.995. The van der Waals surface area contributed by atoms with E-state index in [4.69, 9.17) is 5.26 Å². The lowest BCUT2D eigenvalue weighted by atomic mass is 10.0. The van der Waals surface area contributed by atoms with Gasteiger partial charge in [-0.15, -0.1) is 0 Å². The summed E-state index contributed by atoms with van der Waals surface area (Å²) in [5.74, 6) is -0.702. The van der Waals surface area contributed by atoms with Gasteiger partial charge in [-0.25, -0.2) is 0 Å². The molecule has 0 fully saturated rings. The van der Waals surface area contributed by atoms with Crippen molar-refractivity contribution in [2.75, 3.05) is 0 Å². The highest BCUT2D eigenvalue weighted by Crippen LogP contribution is 2.29. The second kappa shape index (κ2) is 3.09. The van der Waals surface area contributed by atoms with E-state index < -0.39 is 23.4 Å². The molecule has 70 valence electrons. The molecule has 6 heteroatoms. The Kier molecular flexibility index (Phi) is 2.28. The molecule has 1 heterocycles. The summed E-state index contributed by atoms with van der Waals surface area (Å²) in [5.41, 5.74) is -1.63. The lowest BCUT2D eigenvalue weighted by Crippen LogP contribution is -2.35. The van der Waals surface area contributed by atoms with Gasteiger partial charge in [-0.05, 0) is 6.42 Å². The number of nitrogens with one attached hydrogen (secondary N) is 1. The highest BCUT2D eigenvalue weighted by Gasteiger charge is 2.39. The molecule has 0 atom stereocenters. The normalized spacial score (nSPS) is 18.2. The van der Waals surface area contributed by atoms with Crippen molar-refractivity contribution in [2.24, 2.45) is 0 Å². The smallest absolute Gasteiger partial charge is 0.321 e. The summed E-state index contributed by atoms with van der Waals surface area (Å²) in [6.45, 7) is 0. The highest BCUT2D eigenvalue weighted by molar-refractivity contribution is 5.80. The number of nitrogens with zero attached hydrogens (tertiary/aromatic N) is 1. The van der Waals surface area contributed by atoms with Crippen molar-refractivity contribution in [3.05, 3.63) is 11.3 Å². The van der Waals surface area contributed by atoms with Crippen molar-refractivity contribution >= 4 is 5.91 Å². The standard InChI is InChI=1S/C7H5F3N2O/c8-7(9,10)6-4(3-11)1-2-5(13)12-6/h1-2H2,(H,12,13). The number of alkyl halides is 3. The van der Waals surface area contributed by atoms with Crippen LogP contribution < -0.4 is 5.32 Å². The predicted octanol–water partition coefficient (Wildman–Crippen LogP) is 1.24. The molecule has 0 unspecified atom stereocenters. The van der Waals surface area contributed by atoms with Gasteiger partial charge in [0.15, 0.2) is 0 Å². The maximum atomic E-state index is 12.1. The van der Waals surface area contributed by atoms with Crippen LogP contribution in [0, 0.1) is 11.3 Å².